The first-order chi connectivity index (χ1) is 9.47. The molecular weight excluding hydrogens is 375 g/mol. The number of carboxylic acids is 1. The molecule has 1 aliphatic rings. The van der Waals surface area contributed by atoms with Gasteiger partial charge in [-0.25, -0.2) is 0 Å². The lowest BCUT2D eigenvalue weighted by Gasteiger charge is -2.28. The van der Waals surface area contributed by atoms with Gasteiger partial charge in [-0.2, -0.15) is 0 Å². The molecule has 7 heteroatoms. The van der Waals surface area contributed by atoms with Gasteiger partial charge in [-0.1, -0.05) is 0 Å². The fourth-order valence-electron chi connectivity index (χ4n) is 2.44. The molecule has 0 aromatic heterocycles. The summed E-state index contributed by atoms with van der Waals surface area (Å²) in [7, 11) is 0. The van der Waals surface area contributed by atoms with Gasteiger partial charge in [-0.15, -0.1) is 0 Å². The van der Waals surface area contributed by atoms with Gasteiger partial charge in [0.05, 0.1) is 10.8 Å². The fraction of sp³-hybridized carbons (Fsp3) is 0.462. The van der Waals surface area contributed by atoms with E-state index in [1.807, 2.05) is 0 Å². The minimum absolute atomic E-state index is 0.0783. The highest BCUT2D eigenvalue weighted by Crippen LogP contribution is 2.29. The number of non-ortho nitro benzene ring substituents is 1. The lowest BCUT2D eigenvalue weighted by Crippen LogP contribution is -2.29. The Hall–Kier alpha value is -1.38. The lowest BCUT2D eigenvalue weighted by atomic mass is 9.86. The summed E-state index contributed by atoms with van der Waals surface area (Å²) in [5, 5.41) is 23.0. The normalized spacial score (nSPS) is 22.2. The van der Waals surface area contributed by atoms with Crippen LogP contribution in [0.2, 0.25) is 0 Å². The van der Waals surface area contributed by atoms with Crippen LogP contribution in [0.5, 0.6) is 0 Å². The molecule has 1 aromatic carbocycles. The van der Waals surface area contributed by atoms with E-state index in [-0.39, 0.29) is 17.6 Å². The molecule has 1 saturated carbocycles. The van der Waals surface area contributed by atoms with E-state index < -0.39 is 10.9 Å². The summed E-state index contributed by atoms with van der Waals surface area (Å²) in [5.41, 5.74) is 0.949. The van der Waals surface area contributed by atoms with Crippen molar-refractivity contribution in [1.29, 1.82) is 0 Å². The SMILES string of the molecule is O=C(O)C1CCC(Nc2ccc([N+](=O)[O-])cc2I)CC1. The third kappa shape index (κ3) is 3.59. The Morgan fingerprint density at radius 3 is 2.50 bits per heavy atom. The Bertz CT molecular complexity index is 527. The monoisotopic (exact) mass is 390 g/mol. The number of nitro benzene ring substituents is 1. The van der Waals surface area contributed by atoms with Gasteiger partial charge in [0.15, 0.2) is 0 Å². The maximum atomic E-state index is 10.9. The van der Waals surface area contributed by atoms with Gasteiger partial charge >= 0.3 is 5.97 Å². The molecule has 2 rings (SSSR count). The van der Waals surface area contributed by atoms with Crippen LogP contribution in [0.3, 0.4) is 0 Å². The van der Waals surface area contributed by atoms with Crippen molar-refractivity contribution in [3.63, 3.8) is 0 Å². The number of rotatable bonds is 4. The van der Waals surface area contributed by atoms with Crippen molar-refractivity contribution in [2.45, 2.75) is 31.7 Å². The van der Waals surface area contributed by atoms with Crippen LogP contribution >= 0.6 is 22.6 Å². The number of halogens is 1. The van der Waals surface area contributed by atoms with Gasteiger partial charge in [0.2, 0.25) is 0 Å². The molecule has 0 radical (unpaired) electrons. The molecule has 20 heavy (non-hydrogen) atoms. The highest BCUT2D eigenvalue weighted by Gasteiger charge is 2.26. The third-order valence-corrected chi connectivity index (χ3v) is 4.49. The number of carbonyl (C=O) groups is 1. The van der Waals surface area contributed by atoms with E-state index in [9.17, 15) is 14.9 Å². The Balaban J connectivity index is 1.98. The Kier molecular flexibility index (Phi) is 4.79. The van der Waals surface area contributed by atoms with Crippen LogP contribution in [-0.2, 0) is 4.79 Å². The highest BCUT2D eigenvalue weighted by molar-refractivity contribution is 14.1. The summed E-state index contributed by atoms with van der Waals surface area (Å²) < 4.78 is 0.803. The Morgan fingerprint density at radius 2 is 2.00 bits per heavy atom. The molecular formula is C13H15IN2O4. The smallest absolute Gasteiger partial charge is 0.306 e. The summed E-state index contributed by atoms with van der Waals surface area (Å²) in [6.45, 7) is 0. The van der Waals surface area contributed by atoms with Crippen LogP contribution < -0.4 is 5.32 Å². The van der Waals surface area contributed by atoms with Crippen molar-refractivity contribution >= 4 is 39.9 Å². The molecule has 1 aliphatic carbocycles. The minimum Gasteiger partial charge on any atom is -0.481 e. The number of hydrogen-bond acceptors (Lipinski definition) is 4. The van der Waals surface area contributed by atoms with Crippen LogP contribution in [0.25, 0.3) is 0 Å². The average molecular weight is 390 g/mol. The van der Waals surface area contributed by atoms with E-state index in [1.165, 1.54) is 12.1 Å². The van der Waals surface area contributed by atoms with Gasteiger partial charge in [-0.05, 0) is 54.3 Å². The average Bonchev–Trinajstić information content (AvgIpc) is 2.41. The summed E-state index contributed by atoms with van der Waals surface area (Å²) in [4.78, 5) is 21.2. The second-order valence-corrected chi connectivity index (χ2v) is 6.11. The summed E-state index contributed by atoms with van der Waals surface area (Å²) >= 11 is 2.07. The molecule has 0 bridgehead atoms. The minimum atomic E-state index is -0.714. The number of hydrogen-bond donors (Lipinski definition) is 2. The molecule has 0 aliphatic heterocycles. The van der Waals surface area contributed by atoms with Crippen molar-refractivity contribution in [3.05, 3.63) is 31.9 Å². The molecule has 0 saturated heterocycles. The molecule has 0 spiro atoms. The van der Waals surface area contributed by atoms with E-state index in [0.717, 1.165) is 22.1 Å². The number of nitrogens with one attached hydrogen (secondary N) is 1. The maximum absolute atomic E-state index is 10.9. The van der Waals surface area contributed by atoms with Crippen molar-refractivity contribution in [3.8, 4) is 0 Å². The number of aliphatic carboxylic acids is 1. The molecule has 2 N–H and O–H groups in total. The maximum Gasteiger partial charge on any atom is 0.306 e. The van der Waals surface area contributed by atoms with Gasteiger partial charge in [-0.3, -0.25) is 14.9 Å². The molecule has 0 heterocycles. The first-order valence-corrected chi connectivity index (χ1v) is 7.48. The standard InChI is InChI=1S/C13H15IN2O4/c14-11-7-10(16(19)20)5-6-12(11)15-9-3-1-8(2-4-9)13(17)18/h5-9,15H,1-4H2,(H,17,18). The van der Waals surface area contributed by atoms with E-state index in [0.29, 0.717) is 12.8 Å². The highest BCUT2D eigenvalue weighted by atomic mass is 127. The Morgan fingerprint density at radius 1 is 1.35 bits per heavy atom. The largest absolute Gasteiger partial charge is 0.481 e. The topological polar surface area (TPSA) is 92.5 Å². The molecule has 6 nitrogen and oxygen atoms in total. The van der Waals surface area contributed by atoms with Crippen LogP contribution in [0.15, 0.2) is 18.2 Å². The number of benzene rings is 1. The molecule has 0 atom stereocenters. The van der Waals surface area contributed by atoms with Crippen LogP contribution in [-0.4, -0.2) is 22.0 Å². The third-order valence-electron chi connectivity index (χ3n) is 3.60. The zero-order valence-electron chi connectivity index (χ0n) is 10.7. The van der Waals surface area contributed by atoms with Crippen molar-refractivity contribution in [2.24, 2.45) is 5.92 Å². The van der Waals surface area contributed by atoms with E-state index in [2.05, 4.69) is 27.9 Å². The van der Waals surface area contributed by atoms with Crippen molar-refractivity contribution in [2.75, 3.05) is 5.32 Å². The molecule has 1 fully saturated rings. The van der Waals surface area contributed by atoms with E-state index in [4.69, 9.17) is 5.11 Å². The van der Waals surface area contributed by atoms with Gasteiger partial charge in [0.25, 0.3) is 5.69 Å². The zero-order chi connectivity index (χ0) is 14.7. The first kappa shape index (κ1) is 15.0. The van der Waals surface area contributed by atoms with Crippen molar-refractivity contribution < 1.29 is 14.8 Å². The number of nitrogens with zero attached hydrogens (tertiary/aromatic N) is 1. The molecule has 108 valence electrons. The second kappa shape index (κ2) is 6.38. The number of carboxylic acid groups (broad SMARTS) is 1. The Labute approximate surface area is 129 Å². The second-order valence-electron chi connectivity index (χ2n) is 4.95. The summed E-state index contributed by atoms with van der Waals surface area (Å²) in [6, 6.07) is 4.96. The lowest BCUT2D eigenvalue weighted by molar-refractivity contribution is -0.384. The van der Waals surface area contributed by atoms with E-state index >= 15 is 0 Å². The molecule has 1 aromatic rings. The van der Waals surface area contributed by atoms with Crippen LogP contribution in [0, 0.1) is 19.6 Å². The number of nitro groups is 1. The predicted octanol–water partition coefficient (Wildman–Crippen LogP) is 3.25. The molecule has 0 amide bonds. The van der Waals surface area contributed by atoms with Gasteiger partial charge in [0, 0.05) is 27.4 Å². The number of anilines is 1. The first-order valence-electron chi connectivity index (χ1n) is 6.40. The predicted molar refractivity (Wildman–Crippen MR) is 82.8 cm³/mol. The van der Waals surface area contributed by atoms with Crippen LogP contribution in [0.1, 0.15) is 25.7 Å². The summed E-state index contributed by atoms with van der Waals surface area (Å²) in [5.74, 6) is -0.947. The van der Waals surface area contributed by atoms with E-state index in [1.54, 1.807) is 6.07 Å². The van der Waals surface area contributed by atoms with Crippen molar-refractivity contribution in [1.82, 2.24) is 0 Å². The van der Waals surface area contributed by atoms with Crippen LogP contribution in [0.4, 0.5) is 11.4 Å². The fourth-order valence-corrected chi connectivity index (χ4v) is 3.09. The van der Waals surface area contributed by atoms with Gasteiger partial charge < -0.3 is 10.4 Å². The summed E-state index contributed by atoms with van der Waals surface area (Å²) in [6.07, 6.45) is 2.97. The van der Waals surface area contributed by atoms with Gasteiger partial charge in [0.1, 0.15) is 0 Å². The zero-order valence-corrected chi connectivity index (χ0v) is 12.9. The quantitative estimate of drug-likeness (QED) is 0.468. The molecule has 0 unspecified atom stereocenters.